The van der Waals surface area contributed by atoms with Crippen molar-refractivity contribution in [2.75, 3.05) is 44.2 Å². The van der Waals surface area contributed by atoms with Gasteiger partial charge in [-0.15, -0.1) is 0 Å². The van der Waals surface area contributed by atoms with Crippen LogP contribution in [-0.4, -0.2) is 70.0 Å². The lowest BCUT2D eigenvalue weighted by molar-refractivity contribution is -0.122. The van der Waals surface area contributed by atoms with Crippen molar-refractivity contribution in [3.8, 4) is 6.07 Å². The van der Waals surface area contributed by atoms with Crippen molar-refractivity contribution >= 4 is 52.2 Å². The number of amides is 2. The van der Waals surface area contributed by atoms with Gasteiger partial charge >= 0.3 is 6.09 Å². The molecular formula is C27H29N5O4S2. The zero-order valence-corrected chi connectivity index (χ0v) is 23.2. The summed E-state index contributed by atoms with van der Waals surface area (Å²) in [6.07, 6.45) is 2.05. The first-order chi connectivity index (χ1) is 18.3. The normalized spacial score (nSPS) is 16.8. The third kappa shape index (κ3) is 5.47. The lowest BCUT2D eigenvalue weighted by Crippen LogP contribution is -2.50. The molecule has 198 valence electrons. The molecule has 2 aromatic rings. The number of benzene rings is 1. The van der Waals surface area contributed by atoms with Crippen LogP contribution in [0.2, 0.25) is 0 Å². The van der Waals surface area contributed by atoms with E-state index in [2.05, 4.69) is 0 Å². The summed E-state index contributed by atoms with van der Waals surface area (Å²) >= 11 is 6.75. The third-order valence-corrected chi connectivity index (χ3v) is 8.07. The fraction of sp³-hybridized carbons (Fsp3) is 0.370. The molecule has 38 heavy (non-hydrogen) atoms. The zero-order chi connectivity index (χ0) is 27.4. The molecule has 0 spiro atoms. The number of anilines is 1. The van der Waals surface area contributed by atoms with E-state index in [1.807, 2.05) is 41.3 Å². The highest BCUT2D eigenvalue weighted by Crippen LogP contribution is 2.36. The molecule has 3 heterocycles. The van der Waals surface area contributed by atoms with Gasteiger partial charge in [0.25, 0.3) is 11.5 Å². The minimum Gasteiger partial charge on any atom is -0.450 e. The molecule has 2 amide bonds. The Morgan fingerprint density at radius 2 is 1.87 bits per heavy atom. The maximum Gasteiger partial charge on any atom is 0.409 e. The molecule has 0 atom stereocenters. The Balaban J connectivity index is 1.66. The number of pyridine rings is 1. The van der Waals surface area contributed by atoms with Crippen molar-refractivity contribution in [2.45, 2.75) is 20.3 Å². The Kier molecular flexibility index (Phi) is 8.54. The molecule has 2 aliphatic heterocycles. The summed E-state index contributed by atoms with van der Waals surface area (Å²) in [5.74, 6) is 0.408. The predicted molar refractivity (Wildman–Crippen MR) is 152 cm³/mol. The van der Waals surface area contributed by atoms with Crippen molar-refractivity contribution in [3.63, 3.8) is 0 Å². The Bertz CT molecular complexity index is 1390. The molecule has 1 aromatic carbocycles. The Morgan fingerprint density at radius 3 is 2.50 bits per heavy atom. The van der Waals surface area contributed by atoms with Crippen LogP contribution in [0.25, 0.3) is 6.08 Å². The Morgan fingerprint density at radius 1 is 1.18 bits per heavy atom. The summed E-state index contributed by atoms with van der Waals surface area (Å²) in [5, 5.41) is 9.71. The van der Waals surface area contributed by atoms with E-state index in [1.54, 1.807) is 36.8 Å². The van der Waals surface area contributed by atoms with Crippen LogP contribution in [-0.2, 0) is 23.0 Å². The van der Waals surface area contributed by atoms with Crippen LogP contribution in [0, 0.1) is 18.3 Å². The summed E-state index contributed by atoms with van der Waals surface area (Å²) in [6.45, 7) is 6.04. The second-order valence-electron chi connectivity index (χ2n) is 8.96. The Hall–Kier alpha value is -3.62. The molecule has 2 aliphatic rings. The minimum atomic E-state index is -0.402. The lowest BCUT2D eigenvalue weighted by Gasteiger charge is -2.37. The van der Waals surface area contributed by atoms with Gasteiger partial charge in [0.05, 0.1) is 11.5 Å². The van der Waals surface area contributed by atoms with Crippen LogP contribution in [0.3, 0.4) is 0 Å². The molecule has 0 saturated carbocycles. The average Bonchev–Trinajstić information content (AvgIpc) is 3.19. The highest BCUT2D eigenvalue weighted by atomic mass is 32.2. The van der Waals surface area contributed by atoms with Crippen LogP contribution in [0.15, 0.2) is 40.0 Å². The highest BCUT2D eigenvalue weighted by molar-refractivity contribution is 8.26. The van der Waals surface area contributed by atoms with E-state index in [0.29, 0.717) is 71.9 Å². The summed E-state index contributed by atoms with van der Waals surface area (Å²) in [5.41, 5.74) is 1.87. The van der Waals surface area contributed by atoms with E-state index >= 15 is 0 Å². The first kappa shape index (κ1) is 27.4. The molecule has 1 aromatic heterocycles. The lowest BCUT2D eigenvalue weighted by atomic mass is 10.0. The van der Waals surface area contributed by atoms with Crippen LogP contribution in [0.5, 0.6) is 0 Å². The summed E-state index contributed by atoms with van der Waals surface area (Å²) in [7, 11) is 1.62. The molecule has 0 N–H and O–H groups in total. The van der Waals surface area contributed by atoms with Gasteiger partial charge in [-0.25, -0.2) is 4.79 Å². The van der Waals surface area contributed by atoms with Crippen LogP contribution >= 0.6 is 24.0 Å². The van der Waals surface area contributed by atoms with Crippen molar-refractivity contribution in [3.05, 3.63) is 67.8 Å². The summed E-state index contributed by atoms with van der Waals surface area (Å²) < 4.78 is 7.05. The number of nitrogens with zero attached hydrogens (tertiary/aromatic N) is 5. The maximum absolute atomic E-state index is 13.4. The molecule has 2 fully saturated rings. The largest absolute Gasteiger partial charge is 0.450 e. The molecule has 9 nitrogen and oxygen atoms in total. The second kappa shape index (κ2) is 11.8. The molecule has 0 unspecified atom stereocenters. The van der Waals surface area contributed by atoms with Gasteiger partial charge in [-0.05, 0) is 37.5 Å². The van der Waals surface area contributed by atoms with Gasteiger partial charge in [-0.3, -0.25) is 19.1 Å². The fourth-order valence-electron chi connectivity index (χ4n) is 4.62. The predicted octanol–water partition coefficient (Wildman–Crippen LogP) is 3.29. The number of nitriles is 1. The Labute approximate surface area is 231 Å². The van der Waals surface area contributed by atoms with Gasteiger partial charge in [0.2, 0.25) is 0 Å². The van der Waals surface area contributed by atoms with Gasteiger partial charge < -0.3 is 14.5 Å². The number of ether oxygens (including phenoxy) is 1. The van der Waals surface area contributed by atoms with Crippen LogP contribution in [0.1, 0.15) is 29.2 Å². The topological polar surface area (TPSA) is 98.9 Å². The number of piperazine rings is 1. The molecule has 0 aliphatic carbocycles. The van der Waals surface area contributed by atoms with E-state index < -0.39 is 5.56 Å². The van der Waals surface area contributed by atoms with Crippen LogP contribution in [0.4, 0.5) is 10.6 Å². The highest BCUT2D eigenvalue weighted by Gasteiger charge is 2.33. The first-order valence-corrected chi connectivity index (χ1v) is 13.6. The fourth-order valence-corrected chi connectivity index (χ4v) is 5.91. The molecule has 11 heteroatoms. The number of carbonyl (C=O) groups excluding carboxylic acids is 2. The maximum atomic E-state index is 13.4. The van der Waals surface area contributed by atoms with E-state index in [9.17, 15) is 19.6 Å². The van der Waals surface area contributed by atoms with Gasteiger partial charge in [0, 0.05) is 45.3 Å². The third-order valence-electron chi connectivity index (χ3n) is 6.69. The number of aromatic nitrogens is 1. The number of hydrogen-bond donors (Lipinski definition) is 0. The smallest absolute Gasteiger partial charge is 0.409 e. The monoisotopic (exact) mass is 551 g/mol. The average molecular weight is 552 g/mol. The minimum absolute atomic E-state index is 0.0345. The van der Waals surface area contributed by atoms with Crippen molar-refractivity contribution in [1.82, 2.24) is 14.4 Å². The first-order valence-electron chi connectivity index (χ1n) is 12.4. The van der Waals surface area contributed by atoms with Gasteiger partial charge in [0.1, 0.15) is 21.8 Å². The van der Waals surface area contributed by atoms with E-state index in [0.717, 1.165) is 5.56 Å². The van der Waals surface area contributed by atoms with Crippen molar-refractivity contribution in [2.24, 2.45) is 7.05 Å². The van der Waals surface area contributed by atoms with E-state index in [-0.39, 0.29) is 17.6 Å². The standard InChI is InChI=1S/C27H29N5O4S2/c1-4-36-26(35)31-14-12-30(13-15-31)23-20(18(2)21(17-28)24(33)29(23)3)16-22-25(34)32(27(37)38-22)11-10-19-8-6-5-7-9-19/h5-9,16H,4,10-15H2,1-3H3. The second-order valence-corrected chi connectivity index (χ2v) is 10.6. The number of thioether (sulfide) groups is 1. The van der Waals surface area contributed by atoms with Crippen molar-refractivity contribution in [1.29, 1.82) is 5.26 Å². The zero-order valence-electron chi connectivity index (χ0n) is 21.6. The van der Waals surface area contributed by atoms with E-state index in [4.69, 9.17) is 17.0 Å². The number of rotatable bonds is 6. The summed E-state index contributed by atoms with van der Waals surface area (Å²) in [4.78, 5) is 44.2. The number of thiocarbonyl (C=S) groups is 1. The van der Waals surface area contributed by atoms with E-state index in [1.165, 1.54) is 16.3 Å². The number of hydrogen-bond acceptors (Lipinski definition) is 8. The molecule has 0 radical (unpaired) electrons. The quantitative estimate of drug-likeness (QED) is 0.399. The van der Waals surface area contributed by atoms with Gasteiger partial charge in [-0.1, -0.05) is 54.3 Å². The SMILES string of the molecule is CCOC(=O)N1CCN(c2c(C=C3SC(=S)N(CCc4ccccc4)C3=O)c(C)c(C#N)c(=O)n2C)CC1. The number of carbonyl (C=O) groups is 2. The summed E-state index contributed by atoms with van der Waals surface area (Å²) in [6, 6.07) is 11.9. The van der Waals surface area contributed by atoms with Crippen LogP contribution < -0.4 is 10.5 Å². The van der Waals surface area contributed by atoms with Crippen molar-refractivity contribution < 1.29 is 14.3 Å². The van der Waals surface area contributed by atoms with Gasteiger partial charge in [-0.2, -0.15) is 5.26 Å². The molecule has 4 rings (SSSR count). The molecule has 0 bridgehead atoms. The van der Waals surface area contributed by atoms with Gasteiger partial charge in [0.15, 0.2) is 0 Å². The molecule has 2 saturated heterocycles. The molecular weight excluding hydrogens is 522 g/mol.